The van der Waals surface area contributed by atoms with Crippen LogP contribution in [0.2, 0.25) is 0 Å². The Kier molecular flexibility index (Phi) is 5.57. The molecule has 4 nitrogen and oxygen atoms in total. The lowest BCUT2D eigenvalue weighted by Gasteiger charge is -2.16. The van der Waals surface area contributed by atoms with Crippen molar-refractivity contribution in [2.75, 3.05) is 19.5 Å². The van der Waals surface area contributed by atoms with E-state index in [0.717, 1.165) is 0 Å². The number of amides is 1. The number of rotatable bonds is 4. The van der Waals surface area contributed by atoms with Crippen LogP contribution in [0.4, 0.5) is 32.0 Å². The van der Waals surface area contributed by atoms with Crippen LogP contribution in [0.1, 0.15) is 21.5 Å². The zero-order chi connectivity index (χ0) is 20.4. The normalized spacial score (nSPS) is 11.9. The van der Waals surface area contributed by atoms with Gasteiger partial charge in [-0.3, -0.25) is 4.79 Å². The minimum absolute atomic E-state index is 0.0284. The number of halogens is 6. The van der Waals surface area contributed by atoms with Gasteiger partial charge in [0.25, 0.3) is 5.91 Å². The molecule has 27 heavy (non-hydrogen) atoms. The Bertz CT molecular complexity index is 791. The Hall–Kier alpha value is -2.91. The predicted octanol–water partition coefficient (Wildman–Crippen LogP) is 4.99. The first kappa shape index (κ1) is 20.4. The average Bonchev–Trinajstić information content (AvgIpc) is 2.59. The molecule has 0 radical (unpaired) electrons. The van der Waals surface area contributed by atoms with Crippen molar-refractivity contribution in [3.63, 3.8) is 0 Å². The van der Waals surface area contributed by atoms with Gasteiger partial charge in [0, 0.05) is 5.69 Å². The first-order valence-electron chi connectivity index (χ1n) is 7.29. The van der Waals surface area contributed by atoms with Crippen LogP contribution in [0.25, 0.3) is 0 Å². The monoisotopic (exact) mass is 393 g/mol. The topological polar surface area (TPSA) is 47.6 Å². The van der Waals surface area contributed by atoms with Gasteiger partial charge in [-0.1, -0.05) is 6.07 Å². The van der Waals surface area contributed by atoms with E-state index in [2.05, 4.69) is 0 Å². The number of hydrogen-bond donors (Lipinski definition) is 1. The maximum atomic E-state index is 12.9. The van der Waals surface area contributed by atoms with E-state index in [-0.39, 0.29) is 23.1 Å². The summed E-state index contributed by atoms with van der Waals surface area (Å²) in [5.41, 5.74) is -3.93. The van der Waals surface area contributed by atoms with Gasteiger partial charge in [-0.05, 0) is 30.3 Å². The van der Waals surface area contributed by atoms with Crippen molar-refractivity contribution in [2.24, 2.45) is 0 Å². The highest BCUT2D eigenvalue weighted by Crippen LogP contribution is 2.38. The minimum Gasteiger partial charge on any atom is -0.496 e. The zero-order valence-electron chi connectivity index (χ0n) is 14.0. The molecule has 1 N–H and O–H groups in total. The third-order valence-corrected chi connectivity index (χ3v) is 3.50. The highest BCUT2D eigenvalue weighted by Gasteiger charge is 2.37. The van der Waals surface area contributed by atoms with Crippen molar-refractivity contribution in [3.05, 3.63) is 53.1 Å². The van der Waals surface area contributed by atoms with E-state index >= 15 is 0 Å². The number of benzene rings is 2. The summed E-state index contributed by atoms with van der Waals surface area (Å²) in [6, 6.07) is 5.08. The van der Waals surface area contributed by atoms with E-state index in [1.165, 1.54) is 32.4 Å². The molecule has 0 unspecified atom stereocenters. The molecule has 0 aliphatic heterocycles. The molecule has 2 aromatic rings. The van der Waals surface area contributed by atoms with Gasteiger partial charge < -0.3 is 14.8 Å². The van der Waals surface area contributed by atoms with Gasteiger partial charge >= 0.3 is 12.4 Å². The molecule has 2 aromatic carbocycles. The SMILES string of the molecule is COc1cccc(OC)c1C(=O)Nc1cc(C(F)(F)F)cc(C(F)(F)F)c1. The molecule has 0 aliphatic carbocycles. The molecule has 0 aromatic heterocycles. The van der Waals surface area contributed by atoms with Gasteiger partial charge in [-0.2, -0.15) is 26.3 Å². The Morgan fingerprint density at radius 2 is 1.30 bits per heavy atom. The lowest BCUT2D eigenvalue weighted by molar-refractivity contribution is -0.143. The molecule has 0 heterocycles. The maximum Gasteiger partial charge on any atom is 0.416 e. The van der Waals surface area contributed by atoms with E-state index in [4.69, 9.17) is 9.47 Å². The van der Waals surface area contributed by atoms with Crippen molar-refractivity contribution in [2.45, 2.75) is 12.4 Å². The second-order valence-electron chi connectivity index (χ2n) is 5.29. The van der Waals surface area contributed by atoms with Gasteiger partial charge in [0.05, 0.1) is 25.3 Å². The lowest BCUT2D eigenvalue weighted by atomic mass is 10.1. The number of ether oxygens (including phenoxy) is 2. The smallest absolute Gasteiger partial charge is 0.416 e. The third-order valence-electron chi connectivity index (χ3n) is 3.50. The quantitative estimate of drug-likeness (QED) is 0.745. The van der Waals surface area contributed by atoms with Gasteiger partial charge in [0.2, 0.25) is 0 Å². The van der Waals surface area contributed by atoms with E-state index < -0.39 is 35.1 Å². The number of carbonyl (C=O) groups is 1. The lowest BCUT2D eigenvalue weighted by Crippen LogP contribution is -2.17. The summed E-state index contributed by atoms with van der Waals surface area (Å²) in [6.07, 6.45) is -10.0. The van der Waals surface area contributed by atoms with Crippen LogP contribution in [0.15, 0.2) is 36.4 Å². The van der Waals surface area contributed by atoms with Crippen molar-refractivity contribution in [1.82, 2.24) is 0 Å². The maximum absolute atomic E-state index is 12.9. The number of carbonyl (C=O) groups excluding carboxylic acids is 1. The number of hydrogen-bond acceptors (Lipinski definition) is 3. The van der Waals surface area contributed by atoms with Crippen LogP contribution in [-0.4, -0.2) is 20.1 Å². The number of alkyl halides is 6. The Labute approximate surface area is 149 Å². The Morgan fingerprint density at radius 1 is 0.852 bits per heavy atom. The molecule has 0 atom stereocenters. The predicted molar refractivity (Wildman–Crippen MR) is 83.9 cm³/mol. The standard InChI is InChI=1S/C17H13F6NO3/c1-26-12-4-3-5-13(27-2)14(12)15(25)24-11-7-9(16(18,19)20)6-10(8-11)17(21,22)23/h3-8H,1-2H3,(H,24,25). The number of anilines is 1. The fourth-order valence-electron chi connectivity index (χ4n) is 2.30. The molecule has 146 valence electrons. The second-order valence-corrected chi connectivity index (χ2v) is 5.29. The number of nitrogens with one attached hydrogen (secondary N) is 1. The van der Waals surface area contributed by atoms with Crippen molar-refractivity contribution < 1.29 is 40.6 Å². The Morgan fingerprint density at radius 3 is 1.67 bits per heavy atom. The minimum atomic E-state index is -5.02. The summed E-state index contributed by atoms with van der Waals surface area (Å²) < 4.78 is 87.5. The van der Waals surface area contributed by atoms with Crippen LogP contribution in [0.5, 0.6) is 11.5 Å². The number of methoxy groups -OCH3 is 2. The van der Waals surface area contributed by atoms with Gasteiger partial charge in [0.15, 0.2) is 0 Å². The largest absolute Gasteiger partial charge is 0.496 e. The van der Waals surface area contributed by atoms with E-state index in [1.807, 2.05) is 5.32 Å². The molecule has 0 spiro atoms. The summed E-state index contributed by atoms with van der Waals surface area (Å²) >= 11 is 0. The van der Waals surface area contributed by atoms with E-state index in [1.54, 1.807) is 0 Å². The summed E-state index contributed by atoms with van der Waals surface area (Å²) in [7, 11) is 2.50. The van der Waals surface area contributed by atoms with Crippen LogP contribution in [0.3, 0.4) is 0 Å². The van der Waals surface area contributed by atoms with Gasteiger partial charge in [-0.15, -0.1) is 0 Å². The third kappa shape index (κ3) is 4.63. The first-order valence-corrected chi connectivity index (χ1v) is 7.29. The summed E-state index contributed by atoms with van der Waals surface area (Å²) in [4.78, 5) is 12.5. The average molecular weight is 393 g/mol. The summed E-state index contributed by atoms with van der Waals surface area (Å²) in [5, 5.41) is 2.03. The molecule has 2 rings (SSSR count). The first-order chi connectivity index (χ1) is 12.5. The zero-order valence-corrected chi connectivity index (χ0v) is 14.0. The summed E-state index contributed by atoms with van der Waals surface area (Å²) in [6.45, 7) is 0. The molecular formula is C17H13F6NO3. The van der Waals surface area contributed by atoms with Crippen molar-refractivity contribution in [1.29, 1.82) is 0 Å². The van der Waals surface area contributed by atoms with Gasteiger partial charge in [-0.25, -0.2) is 0 Å². The molecule has 0 fully saturated rings. The summed E-state index contributed by atoms with van der Waals surface area (Å²) in [5.74, 6) is -0.915. The molecule has 0 aliphatic rings. The molecule has 0 saturated carbocycles. The fourth-order valence-corrected chi connectivity index (χ4v) is 2.30. The van der Waals surface area contributed by atoms with Crippen LogP contribution >= 0.6 is 0 Å². The van der Waals surface area contributed by atoms with Crippen molar-refractivity contribution >= 4 is 11.6 Å². The van der Waals surface area contributed by atoms with Crippen LogP contribution in [0, 0.1) is 0 Å². The highest BCUT2D eigenvalue weighted by molar-refractivity contribution is 6.08. The molecule has 1 amide bonds. The van der Waals surface area contributed by atoms with E-state index in [9.17, 15) is 31.1 Å². The van der Waals surface area contributed by atoms with Gasteiger partial charge in [0.1, 0.15) is 17.1 Å². The highest BCUT2D eigenvalue weighted by atomic mass is 19.4. The van der Waals surface area contributed by atoms with Crippen LogP contribution in [-0.2, 0) is 12.4 Å². The second kappa shape index (κ2) is 7.37. The molecule has 0 saturated heterocycles. The Balaban J connectivity index is 2.50. The van der Waals surface area contributed by atoms with E-state index in [0.29, 0.717) is 12.1 Å². The fraction of sp³-hybridized carbons (Fsp3) is 0.235. The molecule has 0 bridgehead atoms. The van der Waals surface area contributed by atoms with Crippen LogP contribution < -0.4 is 14.8 Å². The van der Waals surface area contributed by atoms with Crippen molar-refractivity contribution in [3.8, 4) is 11.5 Å². The molecular weight excluding hydrogens is 380 g/mol. The molecule has 10 heteroatoms.